The third kappa shape index (κ3) is 5.81. The number of aromatic amines is 1. The Morgan fingerprint density at radius 2 is 2.17 bits per heavy atom. The smallest absolute Gasteiger partial charge is 0.216 e. The molecule has 2 N–H and O–H groups in total. The molecule has 0 spiro atoms. The minimum absolute atomic E-state index is 0.250. The third-order valence-corrected chi connectivity index (χ3v) is 4.10. The van der Waals surface area contributed by atoms with E-state index in [9.17, 15) is 4.39 Å². The van der Waals surface area contributed by atoms with Crippen LogP contribution in [0.25, 0.3) is 11.6 Å². The standard InChI is InChI=1S/C20H25FN6O2/c1-3-22-20(27(2)12-14-29-16-8-5-4-7-15(16)21)23-11-10-18-24-19(26-25-18)17-9-6-13-28-17/h4-9,13H,3,10-12,14H2,1-2H3,(H,22,23)(H,24,25,26). The average molecular weight is 400 g/mol. The Hall–Kier alpha value is -3.36. The molecule has 0 amide bonds. The zero-order valence-electron chi connectivity index (χ0n) is 16.6. The van der Waals surface area contributed by atoms with Gasteiger partial charge in [0.2, 0.25) is 5.82 Å². The van der Waals surface area contributed by atoms with Gasteiger partial charge in [-0.2, -0.15) is 5.10 Å². The maximum Gasteiger partial charge on any atom is 0.216 e. The van der Waals surface area contributed by atoms with Gasteiger partial charge in [-0.05, 0) is 31.2 Å². The summed E-state index contributed by atoms with van der Waals surface area (Å²) in [6.07, 6.45) is 2.20. The first kappa shape index (κ1) is 20.4. The van der Waals surface area contributed by atoms with Gasteiger partial charge in [0.1, 0.15) is 12.4 Å². The Kier molecular flexibility index (Phi) is 7.21. The van der Waals surface area contributed by atoms with E-state index in [1.54, 1.807) is 30.5 Å². The number of halogens is 1. The number of nitrogens with one attached hydrogen (secondary N) is 2. The maximum atomic E-state index is 13.6. The third-order valence-electron chi connectivity index (χ3n) is 4.10. The van der Waals surface area contributed by atoms with Gasteiger partial charge in [-0.15, -0.1) is 0 Å². The first-order valence-corrected chi connectivity index (χ1v) is 9.49. The highest BCUT2D eigenvalue weighted by atomic mass is 19.1. The van der Waals surface area contributed by atoms with Crippen LogP contribution in [0.1, 0.15) is 12.7 Å². The molecule has 0 fully saturated rings. The van der Waals surface area contributed by atoms with Crippen LogP contribution >= 0.6 is 0 Å². The molecule has 3 rings (SSSR count). The van der Waals surface area contributed by atoms with E-state index in [0.717, 1.165) is 18.3 Å². The van der Waals surface area contributed by atoms with Crippen molar-refractivity contribution < 1.29 is 13.5 Å². The molecule has 0 aliphatic rings. The van der Waals surface area contributed by atoms with E-state index >= 15 is 0 Å². The molecule has 2 aromatic heterocycles. The molecule has 0 atom stereocenters. The lowest BCUT2D eigenvalue weighted by atomic mass is 10.3. The summed E-state index contributed by atoms with van der Waals surface area (Å²) < 4.78 is 24.4. The molecule has 154 valence electrons. The fraction of sp³-hybridized carbons (Fsp3) is 0.350. The van der Waals surface area contributed by atoms with Crippen LogP contribution in [0.4, 0.5) is 4.39 Å². The van der Waals surface area contributed by atoms with Crippen LogP contribution in [0.2, 0.25) is 0 Å². The van der Waals surface area contributed by atoms with E-state index < -0.39 is 0 Å². The molecule has 9 heteroatoms. The number of guanidine groups is 1. The van der Waals surface area contributed by atoms with Crippen molar-refractivity contribution in [3.8, 4) is 17.3 Å². The molecule has 0 aliphatic carbocycles. The summed E-state index contributed by atoms with van der Waals surface area (Å²) in [6.45, 7) is 4.18. The Balaban J connectivity index is 1.50. The predicted octanol–water partition coefficient (Wildman–Crippen LogP) is 2.72. The Bertz CT molecular complexity index is 909. The molecule has 1 aromatic carbocycles. The fourth-order valence-electron chi connectivity index (χ4n) is 2.62. The number of aromatic nitrogens is 3. The van der Waals surface area contributed by atoms with Crippen LogP contribution in [0, 0.1) is 5.82 Å². The Morgan fingerprint density at radius 1 is 1.31 bits per heavy atom. The van der Waals surface area contributed by atoms with Crippen LogP contribution in [0.3, 0.4) is 0 Å². The highest BCUT2D eigenvalue weighted by Gasteiger charge is 2.09. The van der Waals surface area contributed by atoms with E-state index in [-0.39, 0.29) is 11.6 Å². The highest BCUT2D eigenvalue weighted by molar-refractivity contribution is 5.79. The van der Waals surface area contributed by atoms with Gasteiger partial charge in [0.25, 0.3) is 0 Å². The van der Waals surface area contributed by atoms with Gasteiger partial charge in [0, 0.05) is 26.6 Å². The molecule has 0 unspecified atom stereocenters. The van der Waals surface area contributed by atoms with Crippen molar-refractivity contribution in [2.45, 2.75) is 13.3 Å². The SMILES string of the molecule is CCNC(=NCCc1nc(-c2ccco2)n[nH]1)N(C)CCOc1ccccc1F. The molecule has 0 saturated carbocycles. The van der Waals surface area contributed by atoms with Gasteiger partial charge in [-0.3, -0.25) is 10.1 Å². The number of aliphatic imine (C=N–C) groups is 1. The molecule has 0 saturated heterocycles. The summed E-state index contributed by atoms with van der Waals surface area (Å²) >= 11 is 0. The minimum atomic E-state index is -0.364. The van der Waals surface area contributed by atoms with E-state index in [4.69, 9.17) is 9.15 Å². The number of ether oxygens (including phenoxy) is 1. The van der Waals surface area contributed by atoms with E-state index in [2.05, 4.69) is 25.5 Å². The van der Waals surface area contributed by atoms with Crippen LogP contribution in [-0.2, 0) is 6.42 Å². The van der Waals surface area contributed by atoms with E-state index in [0.29, 0.717) is 37.7 Å². The number of likely N-dealkylation sites (N-methyl/N-ethyl adjacent to an activating group) is 1. The second-order valence-corrected chi connectivity index (χ2v) is 6.27. The Morgan fingerprint density at radius 3 is 2.93 bits per heavy atom. The monoisotopic (exact) mass is 400 g/mol. The topological polar surface area (TPSA) is 91.6 Å². The quantitative estimate of drug-likeness (QED) is 0.424. The molecular formula is C20H25FN6O2. The number of hydrogen-bond acceptors (Lipinski definition) is 5. The molecule has 2 heterocycles. The lowest BCUT2D eigenvalue weighted by Crippen LogP contribution is -2.41. The number of furan rings is 1. The van der Waals surface area contributed by atoms with Crippen molar-refractivity contribution in [3.05, 3.63) is 54.3 Å². The largest absolute Gasteiger partial charge is 0.489 e. The number of rotatable bonds is 9. The number of hydrogen-bond donors (Lipinski definition) is 2. The predicted molar refractivity (Wildman–Crippen MR) is 108 cm³/mol. The average Bonchev–Trinajstić information content (AvgIpc) is 3.40. The van der Waals surface area contributed by atoms with Crippen LogP contribution in [0.15, 0.2) is 52.1 Å². The molecule has 0 aliphatic heterocycles. The summed E-state index contributed by atoms with van der Waals surface area (Å²) in [5.41, 5.74) is 0. The van der Waals surface area contributed by atoms with Gasteiger partial charge in [0.05, 0.1) is 12.8 Å². The van der Waals surface area contributed by atoms with E-state index in [1.807, 2.05) is 24.9 Å². The van der Waals surface area contributed by atoms with Crippen molar-refractivity contribution in [2.75, 3.05) is 33.3 Å². The summed E-state index contributed by atoms with van der Waals surface area (Å²) in [5.74, 6) is 2.52. The molecule has 0 bridgehead atoms. The number of H-pyrrole nitrogens is 1. The number of benzene rings is 1. The zero-order chi connectivity index (χ0) is 20.5. The van der Waals surface area contributed by atoms with Gasteiger partial charge < -0.3 is 19.4 Å². The van der Waals surface area contributed by atoms with Gasteiger partial charge >= 0.3 is 0 Å². The van der Waals surface area contributed by atoms with E-state index in [1.165, 1.54) is 6.07 Å². The maximum absolute atomic E-state index is 13.6. The van der Waals surface area contributed by atoms with Crippen molar-refractivity contribution in [1.29, 1.82) is 0 Å². The van der Waals surface area contributed by atoms with Gasteiger partial charge in [-0.25, -0.2) is 9.37 Å². The van der Waals surface area contributed by atoms with Gasteiger partial charge in [-0.1, -0.05) is 12.1 Å². The first-order chi connectivity index (χ1) is 14.2. The molecule has 3 aromatic rings. The lowest BCUT2D eigenvalue weighted by molar-refractivity contribution is 0.270. The summed E-state index contributed by atoms with van der Waals surface area (Å²) in [5, 5.41) is 10.3. The molecule has 8 nitrogen and oxygen atoms in total. The second-order valence-electron chi connectivity index (χ2n) is 6.27. The molecule has 0 radical (unpaired) electrons. The van der Waals surface area contributed by atoms with Crippen LogP contribution in [-0.4, -0.2) is 59.3 Å². The summed E-state index contributed by atoms with van der Waals surface area (Å²) in [4.78, 5) is 11.0. The highest BCUT2D eigenvalue weighted by Crippen LogP contribution is 2.15. The van der Waals surface area contributed by atoms with Crippen molar-refractivity contribution in [1.82, 2.24) is 25.4 Å². The number of nitrogens with zero attached hydrogens (tertiary/aromatic N) is 4. The molecular weight excluding hydrogens is 375 g/mol. The zero-order valence-corrected chi connectivity index (χ0v) is 16.6. The summed E-state index contributed by atoms with van der Waals surface area (Å²) in [7, 11) is 1.91. The second kappa shape index (κ2) is 10.3. The first-order valence-electron chi connectivity index (χ1n) is 9.49. The van der Waals surface area contributed by atoms with Crippen molar-refractivity contribution in [3.63, 3.8) is 0 Å². The fourth-order valence-corrected chi connectivity index (χ4v) is 2.62. The normalized spacial score (nSPS) is 11.5. The van der Waals surface area contributed by atoms with Crippen LogP contribution in [0.5, 0.6) is 5.75 Å². The van der Waals surface area contributed by atoms with Crippen molar-refractivity contribution in [2.24, 2.45) is 4.99 Å². The Labute approximate surface area is 168 Å². The van der Waals surface area contributed by atoms with Crippen LogP contribution < -0.4 is 10.1 Å². The minimum Gasteiger partial charge on any atom is -0.489 e. The summed E-state index contributed by atoms with van der Waals surface area (Å²) in [6, 6.07) is 9.98. The molecule has 29 heavy (non-hydrogen) atoms. The van der Waals surface area contributed by atoms with Gasteiger partial charge in [0.15, 0.2) is 23.3 Å². The number of para-hydroxylation sites is 1. The van der Waals surface area contributed by atoms with Crippen molar-refractivity contribution >= 4 is 5.96 Å². The lowest BCUT2D eigenvalue weighted by Gasteiger charge is -2.22.